The second-order valence-corrected chi connectivity index (χ2v) is 6.27. The van der Waals surface area contributed by atoms with E-state index < -0.39 is 18.5 Å². The summed E-state index contributed by atoms with van der Waals surface area (Å²) < 4.78 is 6.63. The number of rotatable bonds is 5. The van der Waals surface area contributed by atoms with Gasteiger partial charge in [0.15, 0.2) is 11.8 Å². The van der Waals surface area contributed by atoms with E-state index in [0.717, 1.165) is 0 Å². The number of hydrogen-bond acceptors (Lipinski definition) is 6. The van der Waals surface area contributed by atoms with Crippen LogP contribution in [0.4, 0.5) is 5.69 Å². The third-order valence-electron chi connectivity index (χ3n) is 4.03. The number of halogens is 1. The lowest BCUT2D eigenvalue weighted by molar-refractivity contribution is -0.119. The highest BCUT2D eigenvalue weighted by atomic mass is 35.5. The highest BCUT2D eigenvalue weighted by Crippen LogP contribution is 2.17. The summed E-state index contributed by atoms with van der Waals surface area (Å²) in [5, 5.41) is 2.65. The van der Waals surface area contributed by atoms with Crippen LogP contribution in [-0.2, 0) is 16.1 Å². The average molecular weight is 401 g/mol. The molecule has 0 aliphatic rings. The summed E-state index contributed by atoms with van der Waals surface area (Å²) >= 11 is 5.87. The Labute approximate surface area is 165 Å². The molecule has 1 amide bonds. The lowest BCUT2D eigenvalue weighted by Gasteiger charge is -2.10. The third kappa shape index (κ3) is 4.01. The molecule has 8 nitrogen and oxygen atoms in total. The molecule has 0 aliphatic heterocycles. The van der Waals surface area contributed by atoms with Crippen LogP contribution < -0.4 is 10.9 Å². The van der Waals surface area contributed by atoms with Crippen LogP contribution in [-0.4, -0.2) is 33.0 Å². The molecule has 0 atom stereocenters. The number of ether oxygens (including phenoxy) is 1. The number of pyridine rings is 1. The summed E-state index contributed by atoms with van der Waals surface area (Å²) in [5.74, 6) is -1.22. The van der Waals surface area contributed by atoms with E-state index in [2.05, 4.69) is 15.3 Å². The van der Waals surface area contributed by atoms with Crippen LogP contribution in [0.2, 0.25) is 5.15 Å². The first-order chi connectivity index (χ1) is 13.4. The van der Waals surface area contributed by atoms with Gasteiger partial charge in [-0.25, -0.2) is 14.8 Å². The normalized spacial score (nSPS) is 10.7. The summed E-state index contributed by atoms with van der Waals surface area (Å²) in [5.41, 5.74) is 1.85. The summed E-state index contributed by atoms with van der Waals surface area (Å²) in [6.45, 7) is 3.48. The van der Waals surface area contributed by atoms with Crippen LogP contribution in [0.3, 0.4) is 0 Å². The molecular weight excluding hydrogens is 384 g/mol. The largest absolute Gasteiger partial charge is 0.452 e. The van der Waals surface area contributed by atoms with E-state index in [1.54, 1.807) is 29.7 Å². The molecule has 9 heteroatoms. The fraction of sp³-hybridized carbons (Fsp3) is 0.211. The van der Waals surface area contributed by atoms with Crippen molar-refractivity contribution in [1.29, 1.82) is 0 Å². The number of aromatic nitrogens is 3. The number of amides is 1. The minimum atomic E-state index is -0.678. The van der Waals surface area contributed by atoms with Gasteiger partial charge in [0.25, 0.3) is 11.5 Å². The van der Waals surface area contributed by atoms with E-state index in [9.17, 15) is 14.4 Å². The van der Waals surface area contributed by atoms with E-state index in [1.165, 1.54) is 18.3 Å². The van der Waals surface area contributed by atoms with E-state index in [1.807, 2.05) is 6.92 Å². The fourth-order valence-corrected chi connectivity index (χ4v) is 2.86. The highest BCUT2D eigenvalue weighted by molar-refractivity contribution is 6.32. The van der Waals surface area contributed by atoms with Gasteiger partial charge >= 0.3 is 5.97 Å². The Kier molecular flexibility index (Phi) is 5.70. The number of fused-ring (bicyclic) bond motifs is 1. The van der Waals surface area contributed by atoms with Crippen LogP contribution in [0.25, 0.3) is 11.0 Å². The summed E-state index contributed by atoms with van der Waals surface area (Å²) in [4.78, 5) is 44.5. The molecule has 144 valence electrons. The summed E-state index contributed by atoms with van der Waals surface area (Å²) in [6.07, 6.45) is 1.49. The van der Waals surface area contributed by atoms with Crippen molar-refractivity contribution in [3.05, 3.63) is 63.3 Å². The maximum atomic E-state index is 12.3. The first-order valence-corrected chi connectivity index (χ1v) is 8.87. The molecule has 0 aliphatic carbocycles. The van der Waals surface area contributed by atoms with Gasteiger partial charge in [0.1, 0.15) is 5.69 Å². The number of anilines is 1. The molecular formula is C19H17ClN4O4. The van der Waals surface area contributed by atoms with Crippen molar-refractivity contribution in [1.82, 2.24) is 14.5 Å². The molecule has 0 radical (unpaired) electrons. The predicted molar refractivity (Wildman–Crippen MR) is 105 cm³/mol. The van der Waals surface area contributed by atoms with Gasteiger partial charge in [-0.05, 0) is 44.2 Å². The molecule has 2 heterocycles. The number of nitrogens with one attached hydrogen (secondary N) is 1. The van der Waals surface area contributed by atoms with Crippen molar-refractivity contribution in [3.8, 4) is 0 Å². The van der Waals surface area contributed by atoms with Gasteiger partial charge in [0.05, 0.1) is 22.3 Å². The first kappa shape index (κ1) is 19.5. The maximum absolute atomic E-state index is 12.3. The van der Waals surface area contributed by atoms with Gasteiger partial charge in [-0.15, -0.1) is 0 Å². The zero-order chi connectivity index (χ0) is 20.3. The number of hydrogen-bond donors (Lipinski definition) is 1. The van der Waals surface area contributed by atoms with Crippen LogP contribution in [0.15, 0.2) is 41.3 Å². The van der Waals surface area contributed by atoms with E-state index in [-0.39, 0.29) is 16.3 Å². The number of esters is 1. The lowest BCUT2D eigenvalue weighted by atomic mass is 10.2. The van der Waals surface area contributed by atoms with Crippen LogP contribution >= 0.6 is 11.6 Å². The Hall–Kier alpha value is -3.26. The van der Waals surface area contributed by atoms with Crippen molar-refractivity contribution in [2.45, 2.75) is 20.4 Å². The van der Waals surface area contributed by atoms with Crippen molar-refractivity contribution in [2.75, 3.05) is 11.9 Å². The fourth-order valence-electron chi connectivity index (χ4n) is 2.70. The molecule has 0 fully saturated rings. The molecule has 2 aromatic heterocycles. The molecule has 1 aromatic carbocycles. The van der Waals surface area contributed by atoms with Gasteiger partial charge < -0.3 is 14.6 Å². The third-order valence-corrected chi connectivity index (χ3v) is 4.33. The number of benzene rings is 1. The SMILES string of the molecule is CCn1c(=O)c(C)nc2cc(C(=O)OCC(=O)Nc3cccnc3Cl)ccc21. The average Bonchev–Trinajstić information content (AvgIpc) is 2.68. The van der Waals surface area contributed by atoms with Crippen molar-refractivity contribution >= 4 is 40.2 Å². The molecule has 0 spiro atoms. The van der Waals surface area contributed by atoms with Crippen molar-refractivity contribution < 1.29 is 14.3 Å². The minimum absolute atomic E-state index is 0.139. The maximum Gasteiger partial charge on any atom is 0.338 e. The smallest absolute Gasteiger partial charge is 0.338 e. The van der Waals surface area contributed by atoms with Gasteiger partial charge in [0.2, 0.25) is 0 Å². The standard InChI is InChI=1S/C19H17ClN4O4/c1-3-24-15-7-6-12(9-14(15)22-11(2)18(24)26)19(27)28-10-16(25)23-13-5-4-8-21-17(13)20/h4-9H,3,10H2,1-2H3,(H,23,25). The molecule has 0 unspecified atom stereocenters. The lowest BCUT2D eigenvalue weighted by Crippen LogP contribution is -2.23. The molecule has 0 saturated heterocycles. The molecule has 3 aromatic rings. The monoisotopic (exact) mass is 400 g/mol. The number of aryl methyl sites for hydroxylation is 2. The summed E-state index contributed by atoms with van der Waals surface area (Å²) in [6, 6.07) is 7.90. The van der Waals surface area contributed by atoms with Crippen LogP contribution in [0.1, 0.15) is 23.0 Å². The van der Waals surface area contributed by atoms with E-state index in [0.29, 0.717) is 29.0 Å². The minimum Gasteiger partial charge on any atom is -0.452 e. The zero-order valence-corrected chi connectivity index (χ0v) is 16.0. The predicted octanol–water partition coefficient (Wildman–Crippen LogP) is 2.57. The Balaban J connectivity index is 1.73. The summed E-state index contributed by atoms with van der Waals surface area (Å²) in [7, 11) is 0. The van der Waals surface area contributed by atoms with Gasteiger partial charge in [0, 0.05) is 12.7 Å². The number of carbonyl (C=O) groups excluding carboxylic acids is 2. The van der Waals surface area contributed by atoms with Gasteiger partial charge in [-0.2, -0.15) is 0 Å². The molecule has 3 rings (SSSR count). The zero-order valence-electron chi connectivity index (χ0n) is 15.2. The Morgan fingerprint density at radius 3 is 2.79 bits per heavy atom. The molecule has 1 N–H and O–H groups in total. The number of carbonyl (C=O) groups is 2. The Morgan fingerprint density at radius 1 is 1.29 bits per heavy atom. The van der Waals surface area contributed by atoms with E-state index in [4.69, 9.17) is 16.3 Å². The molecule has 28 heavy (non-hydrogen) atoms. The van der Waals surface area contributed by atoms with Crippen molar-refractivity contribution in [3.63, 3.8) is 0 Å². The first-order valence-electron chi connectivity index (χ1n) is 8.49. The quantitative estimate of drug-likeness (QED) is 0.521. The topological polar surface area (TPSA) is 103 Å². The number of nitrogens with zero attached hydrogens (tertiary/aromatic N) is 3. The Bertz CT molecular complexity index is 1130. The van der Waals surface area contributed by atoms with Gasteiger partial charge in [-0.3, -0.25) is 9.59 Å². The highest BCUT2D eigenvalue weighted by Gasteiger charge is 2.14. The second-order valence-electron chi connectivity index (χ2n) is 5.92. The Morgan fingerprint density at radius 2 is 2.07 bits per heavy atom. The second kappa shape index (κ2) is 8.18. The molecule has 0 saturated carbocycles. The molecule has 0 bridgehead atoms. The van der Waals surface area contributed by atoms with Crippen molar-refractivity contribution in [2.24, 2.45) is 0 Å². The van der Waals surface area contributed by atoms with E-state index >= 15 is 0 Å². The van der Waals surface area contributed by atoms with Crippen LogP contribution in [0, 0.1) is 6.92 Å². The van der Waals surface area contributed by atoms with Crippen LogP contribution in [0.5, 0.6) is 0 Å². The van der Waals surface area contributed by atoms with Gasteiger partial charge in [-0.1, -0.05) is 11.6 Å².